The number of hydrogen-bond acceptors (Lipinski definition) is 5. The Hall–Kier alpha value is -3.12. The number of methoxy groups -OCH3 is 2. The fourth-order valence-electron chi connectivity index (χ4n) is 3.71. The second-order valence-corrected chi connectivity index (χ2v) is 7.14. The molecule has 0 bridgehead atoms. The van der Waals surface area contributed by atoms with Crippen LogP contribution in [-0.4, -0.2) is 43.8 Å². The van der Waals surface area contributed by atoms with E-state index >= 15 is 0 Å². The monoisotopic (exact) mass is 409 g/mol. The highest BCUT2D eigenvalue weighted by Gasteiger charge is 2.19. The van der Waals surface area contributed by atoms with Gasteiger partial charge in [-0.2, -0.15) is 0 Å². The van der Waals surface area contributed by atoms with Gasteiger partial charge in [-0.3, -0.25) is 4.79 Å². The molecule has 0 N–H and O–H groups in total. The third-order valence-corrected chi connectivity index (χ3v) is 5.26. The molecule has 3 aromatic rings. The Kier molecular flexibility index (Phi) is 6.90. The normalized spacial score (nSPS) is 10.9. The molecule has 0 aliphatic heterocycles. The molecule has 0 aliphatic carbocycles. The first kappa shape index (κ1) is 21.6. The molecular formula is C24H27NO5. The fourth-order valence-corrected chi connectivity index (χ4v) is 3.71. The van der Waals surface area contributed by atoms with Gasteiger partial charge in [0.05, 0.1) is 12.7 Å². The van der Waals surface area contributed by atoms with E-state index in [0.29, 0.717) is 23.5 Å². The highest BCUT2D eigenvalue weighted by Crippen LogP contribution is 2.28. The van der Waals surface area contributed by atoms with Crippen molar-refractivity contribution in [3.05, 3.63) is 65.0 Å². The Morgan fingerprint density at radius 2 is 1.70 bits per heavy atom. The molecule has 0 unspecified atom stereocenters. The van der Waals surface area contributed by atoms with Crippen molar-refractivity contribution in [2.24, 2.45) is 0 Å². The molecule has 0 saturated heterocycles. The van der Waals surface area contributed by atoms with Gasteiger partial charge in [0.15, 0.2) is 6.61 Å². The summed E-state index contributed by atoms with van der Waals surface area (Å²) in [5, 5.41) is 1.55. The summed E-state index contributed by atoms with van der Waals surface area (Å²) in [6, 6.07) is 12.7. The molecule has 0 radical (unpaired) electrons. The van der Waals surface area contributed by atoms with E-state index in [-0.39, 0.29) is 12.4 Å². The molecule has 6 nitrogen and oxygen atoms in total. The Morgan fingerprint density at radius 3 is 2.40 bits per heavy atom. The topological polar surface area (TPSA) is 66.8 Å². The van der Waals surface area contributed by atoms with E-state index in [1.165, 1.54) is 0 Å². The van der Waals surface area contributed by atoms with Crippen LogP contribution in [0.25, 0.3) is 10.8 Å². The van der Waals surface area contributed by atoms with Gasteiger partial charge in [0, 0.05) is 42.6 Å². The lowest BCUT2D eigenvalue weighted by Gasteiger charge is -2.11. The van der Waals surface area contributed by atoms with Crippen molar-refractivity contribution in [3.8, 4) is 5.75 Å². The van der Waals surface area contributed by atoms with Crippen molar-refractivity contribution < 1.29 is 23.8 Å². The van der Waals surface area contributed by atoms with Crippen LogP contribution in [0.15, 0.2) is 42.5 Å². The van der Waals surface area contributed by atoms with E-state index in [1.54, 1.807) is 26.4 Å². The number of esters is 1. The molecule has 0 aliphatic rings. The lowest BCUT2D eigenvalue weighted by Crippen LogP contribution is -2.15. The van der Waals surface area contributed by atoms with Crippen LogP contribution in [0.5, 0.6) is 5.75 Å². The molecule has 1 aromatic heterocycles. The predicted molar refractivity (Wildman–Crippen MR) is 116 cm³/mol. The minimum atomic E-state index is -0.531. The molecule has 30 heavy (non-hydrogen) atoms. The molecule has 0 spiro atoms. The third kappa shape index (κ3) is 4.39. The number of fused-ring (bicyclic) bond motifs is 1. The summed E-state index contributed by atoms with van der Waals surface area (Å²) < 4.78 is 17.9. The number of Topliss-reactive ketones (excluding diaryl/α,β-unsaturated/α-hetero) is 1. The Bertz CT molecular complexity index is 1070. The molecule has 1 heterocycles. The van der Waals surface area contributed by atoms with Crippen LogP contribution < -0.4 is 4.74 Å². The number of carbonyl (C=O) groups excluding carboxylic acids is 2. The van der Waals surface area contributed by atoms with Crippen LogP contribution in [0, 0.1) is 13.8 Å². The molecule has 0 amide bonds. The molecule has 6 heteroatoms. The van der Waals surface area contributed by atoms with Gasteiger partial charge in [0.1, 0.15) is 5.75 Å². The average molecular weight is 409 g/mol. The number of carbonyl (C=O) groups is 2. The van der Waals surface area contributed by atoms with Crippen molar-refractivity contribution >= 4 is 22.5 Å². The maximum atomic E-state index is 12.7. The maximum Gasteiger partial charge on any atom is 0.339 e. The molecule has 2 aromatic carbocycles. The van der Waals surface area contributed by atoms with Gasteiger partial charge in [-0.25, -0.2) is 4.79 Å². The van der Waals surface area contributed by atoms with E-state index in [4.69, 9.17) is 14.2 Å². The van der Waals surface area contributed by atoms with Crippen LogP contribution in [0.1, 0.15) is 38.5 Å². The Morgan fingerprint density at radius 1 is 0.967 bits per heavy atom. The van der Waals surface area contributed by atoms with Gasteiger partial charge >= 0.3 is 5.97 Å². The van der Waals surface area contributed by atoms with Crippen LogP contribution in [0.2, 0.25) is 0 Å². The average Bonchev–Trinajstić information content (AvgIpc) is 3.05. The summed E-state index contributed by atoms with van der Waals surface area (Å²) in [6.07, 6.45) is 0.861. The van der Waals surface area contributed by atoms with Crippen LogP contribution in [-0.2, 0) is 16.0 Å². The smallest absolute Gasteiger partial charge is 0.339 e. The standard InChI is InChI=1S/C24H27NO5/c1-16-14-21(17(2)25(16)12-7-13-28-3)22(26)15-30-24(27)20-10-11-23(29-4)19-9-6-5-8-18(19)20/h5-6,8-11,14H,7,12-13,15H2,1-4H3. The molecule has 3 rings (SSSR count). The molecule has 0 saturated carbocycles. The number of rotatable bonds is 9. The lowest BCUT2D eigenvalue weighted by molar-refractivity contribution is 0.0476. The highest BCUT2D eigenvalue weighted by atomic mass is 16.5. The van der Waals surface area contributed by atoms with E-state index in [1.807, 2.05) is 44.2 Å². The van der Waals surface area contributed by atoms with Gasteiger partial charge in [-0.1, -0.05) is 24.3 Å². The zero-order valence-corrected chi connectivity index (χ0v) is 17.9. The Labute approximate surface area is 176 Å². The van der Waals surface area contributed by atoms with E-state index in [0.717, 1.165) is 35.1 Å². The lowest BCUT2D eigenvalue weighted by atomic mass is 10.0. The summed E-state index contributed by atoms with van der Waals surface area (Å²) in [5.41, 5.74) is 2.86. The predicted octanol–water partition coefficient (Wildman–Crippen LogP) is 4.34. The molecule has 0 atom stereocenters. The third-order valence-electron chi connectivity index (χ3n) is 5.26. The second kappa shape index (κ2) is 9.59. The largest absolute Gasteiger partial charge is 0.496 e. The van der Waals surface area contributed by atoms with Crippen LogP contribution >= 0.6 is 0 Å². The maximum absolute atomic E-state index is 12.7. The van der Waals surface area contributed by atoms with Crippen molar-refractivity contribution in [2.45, 2.75) is 26.8 Å². The zero-order chi connectivity index (χ0) is 21.7. The SMILES string of the molecule is COCCCn1c(C)cc(C(=O)COC(=O)c2ccc(OC)c3ccccc23)c1C. The Balaban J connectivity index is 1.74. The van der Waals surface area contributed by atoms with E-state index in [2.05, 4.69) is 4.57 Å². The number of aromatic nitrogens is 1. The van der Waals surface area contributed by atoms with Crippen molar-refractivity contribution in [3.63, 3.8) is 0 Å². The molecule has 0 fully saturated rings. The summed E-state index contributed by atoms with van der Waals surface area (Å²) in [7, 11) is 3.26. The first-order chi connectivity index (χ1) is 14.5. The number of ether oxygens (including phenoxy) is 3. The molecule has 158 valence electrons. The van der Waals surface area contributed by atoms with E-state index < -0.39 is 5.97 Å². The van der Waals surface area contributed by atoms with Gasteiger partial charge in [-0.15, -0.1) is 0 Å². The number of benzene rings is 2. The second-order valence-electron chi connectivity index (χ2n) is 7.14. The quantitative estimate of drug-likeness (QED) is 0.299. The zero-order valence-electron chi connectivity index (χ0n) is 17.9. The van der Waals surface area contributed by atoms with Crippen molar-refractivity contribution in [2.75, 3.05) is 27.4 Å². The molecular weight excluding hydrogens is 382 g/mol. The van der Waals surface area contributed by atoms with E-state index in [9.17, 15) is 9.59 Å². The summed E-state index contributed by atoms with van der Waals surface area (Å²) in [5.74, 6) is -0.0671. The number of ketones is 1. The highest BCUT2D eigenvalue weighted by molar-refractivity contribution is 6.07. The van der Waals surface area contributed by atoms with Gasteiger partial charge in [-0.05, 0) is 43.9 Å². The summed E-state index contributed by atoms with van der Waals surface area (Å²) in [6.45, 7) is 5.00. The number of aryl methyl sites for hydroxylation is 1. The first-order valence-corrected chi connectivity index (χ1v) is 9.89. The van der Waals surface area contributed by atoms with Gasteiger partial charge in [0.25, 0.3) is 0 Å². The fraction of sp³-hybridized carbons (Fsp3) is 0.333. The summed E-state index contributed by atoms with van der Waals surface area (Å²) in [4.78, 5) is 25.4. The first-order valence-electron chi connectivity index (χ1n) is 9.89. The van der Waals surface area contributed by atoms with Crippen molar-refractivity contribution in [1.82, 2.24) is 4.57 Å². The van der Waals surface area contributed by atoms with Gasteiger partial charge in [0.2, 0.25) is 5.78 Å². The van der Waals surface area contributed by atoms with Crippen LogP contribution in [0.4, 0.5) is 0 Å². The summed E-state index contributed by atoms with van der Waals surface area (Å²) >= 11 is 0. The van der Waals surface area contributed by atoms with Crippen LogP contribution in [0.3, 0.4) is 0 Å². The number of nitrogens with zero attached hydrogens (tertiary/aromatic N) is 1. The number of hydrogen-bond donors (Lipinski definition) is 0. The van der Waals surface area contributed by atoms with Crippen molar-refractivity contribution in [1.29, 1.82) is 0 Å². The minimum absolute atomic E-state index is 0.216. The minimum Gasteiger partial charge on any atom is -0.496 e. The van der Waals surface area contributed by atoms with Gasteiger partial charge < -0.3 is 18.8 Å².